The average molecular weight is 282 g/mol. The Morgan fingerprint density at radius 1 is 1.19 bits per heavy atom. The maximum Gasteiger partial charge on any atom is 0.166 e. The molecule has 0 amide bonds. The third-order valence-corrected chi connectivity index (χ3v) is 3.61. The Morgan fingerprint density at radius 3 is 2.71 bits per heavy atom. The van der Waals surface area contributed by atoms with E-state index in [1.165, 1.54) is 0 Å². The summed E-state index contributed by atoms with van der Waals surface area (Å²) in [6.45, 7) is 4.50. The number of carbonyl (C=O) groups is 1. The van der Waals surface area contributed by atoms with Gasteiger partial charge in [-0.3, -0.25) is 4.79 Å². The molecule has 1 aliphatic rings. The van der Waals surface area contributed by atoms with Gasteiger partial charge < -0.3 is 4.74 Å². The van der Waals surface area contributed by atoms with Crippen molar-refractivity contribution in [3.8, 4) is 5.75 Å². The molecular formula is C17H18N2O2. The first kappa shape index (κ1) is 13.7. The van der Waals surface area contributed by atoms with Crippen molar-refractivity contribution >= 4 is 5.78 Å². The summed E-state index contributed by atoms with van der Waals surface area (Å²) in [5.74, 6) is 1.54. The van der Waals surface area contributed by atoms with Crippen LogP contribution in [0.4, 0.5) is 0 Å². The number of ether oxygens (including phenoxy) is 1. The van der Waals surface area contributed by atoms with Crippen molar-refractivity contribution in [2.24, 2.45) is 5.41 Å². The molecule has 0 atom stereocenters. The van der Waals surface area contributed by atoms with Crippen LogP contribution in [0, 0.1) is 5.41 Å². The van der Waals surface area contributed by atoms with Gasteiger partial charge in [0, 0.05) is 12.6 Å². The van der Waals surface area contributed by atoms with Crippen molar-refractivity contribution in [2.45, 2.75) is 33.3 Å². The van der Waals surface area contributed by atoms with Gasteiger partial charge in [0.2, 0.25) is 0 Å². The number of carbonyl (C=O) groups excluding carboxylic acids is 1. The molecule has 0 bridgehead atoms. The number of nitrogens with zero attached hydrogens (tertiary/aromatic N) is 2. The third kappa shape index (κ3) is 3.10. The summed E-state index contributed by atoms with van der Waals surface area (Å²) in [6.07, 6.45) is 3.00. The molecule has 3 rings (SSSR count). The van der Waals surface area contributed by atoms with Gasteiger partial charge in [0.15, 0.2) is 11.6 Å². The lowest BCUT2D eigenvalue weighted by Gasteiger charge is -2.29. The van der Waals surface area contributed by atoms with Crippen molar-refractivity contribution in [1.82, 2.24) is 9.97 Å². The van der Waals surface area contributed by atoms with Gasteiger partial charge in [-0.05, 0) is 24.0 Å². The van der Waals surface area contributed by atoms with Crippen LogP contribution in [0.3, 0.4) is 0 Å². The van der Waals surface area contributed by atoms with Crippen LogP contribution in [0.2, 0.25) is 0 Å². The lowest BCUT2D eigenvalue weighted by atomic mass is 9.76. The summed E-state index contributed by atoms with van der Waals surface area (Å²) >= 11 is 0. The highest BCUT2D eigenvalue weighted by Gasteiger charge is 2.32. The predicted octanol–water partition coefficient (Wildman–Crippen LogP) is 3.21. The number of benzene rings is 1. The molecule has 0 unspecified atom stereocenters. The first-order chi connectivity index (χ1) is 10.0. The second-order valence-corrected chi connectivity index (χ2v) is 6.19. The summed E-state index contributed by atoms with van der Waals surface area (Å²) < 4.78 is 5.65. The minimum atomic E-state index is -0.0318. The molecule has 1 aromatic carbocycles. The van der Waals surface area contributed by atoms with Crippen LogP contribution < -0.4 is 4.74 Å². The van der Waals surface area contributed by atoms with E-state index in [9.17, 15) is 4.79 Å². The lowest BCUT2D eigenvalue weighted by Crippen LogP contribution is -2.28. The first-order valence-electron chi connectivity index (χ1n) is 7.09. The van der Waals surface area contributed by atoms with E-state index in [2.05, 4.69) is 23.8 Å². The Labute approximate surface area is 124 Å². The van der Waals surface area contributed by atoms with Crippen LogP contribution in [0.1, 0.15) is 42.1 Å². The number of hydrogen-bond donors (Lipinski definition) is 0. The highest BCUT2D eigenvalue weighted by Crippen LogP contribution is 2.33. The average Bonchev–Trinajstić information content (AvgIpc) is 2.44. The Kier molecular flexibility index (Phi) is 3.45. The van der Waals surface area contributed by atoms with Gasteiger partial charge in [-0.1, -0.05) is 32.0 Å². The van der Waals surface area contributed by atoms with Gasteiger partial charge >= 0.3 is 0 Å². The first-order valence-corrected chi connectivity index (χ1v) is 7.09. The molecule has 21 heavy (non-hydrogen) atoms. The maximum atomic E-state index is 12.1. The Hall–Kier alpha value is -2.23. The number of para-hydroxylation sites is 1. The molecular weight excluding hydrogens is 264 g/mol. The summed E-state index contributed by atoms with van der Waals surface area (Å²) in [4.78, 5) is 20.8. The lowest BCUT2D eigenvalue weighted by molar-refractivity contribution is 0.0909. The second kappa shape index (κ2) is 5.28. The van der Waals surface area contributed by atoms with Crippen LogP contribution in [0.25, 0.3) is 0 Å². The molecule has 0 N–H and O–H groups in total. The molecule has 0 spiro atoms. The van der Waals surface area contributed by atoms with E-state index in [0.29, 0.717) is 24.4 Å². The molecule has 4 nitrogen and oxygen atoms in total. The van der Waals surface area contributed by atoms with Gasteiger partial charge in [-0.25, -0.2) is 9.97 Å². The van der Waals surface area contributed by atoms with E-state index in [1.54, 1.807) is 6.20 Å². The highest BCUT2D eigenvalue weighted by molar-refractivity contribution is 5.98. The third-order valence-electron chi connectivity index (χ3n) is 3.61. The largest absolute Gasteiger partial charge is 0.486 e. The SMILES string of the molecule is CC1(C)CC(=O)c2cnc(COc3ccccc3)nc2C1. The molecule has 0 saturated carbocycles. The van der Waals surface area contributed by atoms with Crippen LogP contribution in [0.15, 0.2) is 36.5 Å². The molecule has 0 radical (unpaired) electrons. The molecule has 1 heterocycles. The van der Waals surface area contributed by atoms with Crippen LogP contribution in [0.5, 0.6) is 5.75 Å². The topological polar surface area (TPSA) is 52.1 Å². The van der Waals surface area contributed by atoms with Crippen molar-refractivity contribution in [3.63, 3.8) is 0 Å². The summed E-state index contributed by atoms with van der Waals surface area (Å²) in [5, 5.41) is 0. The van der Waals surface area contributed by atoms with Crippen LogP contribution >= 0.6 is 0 Å². The fourth-order valence-corrected chi connectivity index (χ4v) is 2.61. The zero-order valence-electron chi connectivity index (χ0n) is 12.3. The normalized spacial score (nSPS) is 16.4. The van der Waals surface area contributed by atoms with Gasteiger partial charge in [0.05, 0.1) is 11.3 Å². The quantitative estimate of drug-likeness (QED) is 0.867. The molecule has 2 aromatic rings. The van der Waals surface area contributed by atoms with E-state index in [1.807, 2.05) is 30.3 Å². The maximum absolute atomic E-state index is 12.1. The molecule has 0 fully saturated rings. The molecule has 4 heteroatoms. The minimum absolute atomic E-state index is 0.0318. The number of fused-ring (bicyclic) bond motifs is 1. The Morgan fingerprint density at radius 2 is 1.95 bits per heavy atom. The van der Waals surface area contributed by atoms with E-state index in [4.69, 9.17) is 4.74 Å². The standard InChI is InChI=1S/C17H18N2O2/c1-17(2)8-14-13(15(20)9-17)10-18-16(19-14)11-21-12-6-4-3-5-7-12/h3-7,10H,8-9,11H2,1-2H3. The second-order valence-electron chi connectivity index (χ2n) is 6.19. The van der Waals surface area contributed by atoms with Crippen molar-refractivity contribution in [2.75, 3.05) is 0 Å². The number of ketones is 1. The molecule has 0 saturated heterocycles. The fraction of sp³-hybridized carbons (Fsp3) is 0.353. The number of hydrogen-bond acceptors (Lipinski definition) is 4. The van der Waals surface area contributed by atoms with E-state index in [0.717, 1.165) is 17.9 Å². The number of aromatic nitrogens is 2. The molecule has 108 valence electrons. The Bertz CT molecular complexity index is 666. The monoisotopic (exact) mass is 282 g/mol. The van der Waals surface area contributed by atoms with Crippen LogP contribution in [-0.4, -0.2) is 15.8 Å². The fourth-order valence-electron chi connectivity index (χ4n) is 2.61. The number of rotatable bonds is 3. The Balaban J connectivity index is 1.78. The van der Waals surface area contributed by atoms with E-state index in [-0.39, 0.29) is 11.2 Å². The highest BCUT2D eigenvalue weighted by atomic mass is 16.5. The van der Waals surface area contributed by atoms with Gasteiger partial charge in [-0.2, -0.15) is 0 Å². The van der Waals surface area contributed by atoms with E-state index >= 15 is 0 Å². The smallest absolute Gasteiger partial charge is 0.166 e. The van der Waals surface area contributed by atoms with E-state index < -0.39 is 0 Å². The number of Topliss-reactive ketones (excluding diaryl/α,β-unsaturated/α-hetero) is 1. The zero-order chi connectivity index (χ0) is 14.9. The van der Waals surface area contributed by atoms with Gasteiger partial charge in [0.1, 0.15) is 12.4 Å². The molecule has 1 aliphatic carbocycles. The van der Waals surface area contributed by atoms with Crippen molar-refractivity contribution in [3.05, 3.63) is 53.6 Å². The van der Waals surface area contributed by atoms with Crippen molar-refractivity contribution < 1.29 is 9.53 Å². The zero-order valence-corrected chi connectivity index (χ0v) is 12.3. The van der Waals surface area contributed by atoms with Crippen molar-refractivity contribution in [1.29, 1.82) is 0 Å². The summed E-state index contributed by atoms with van der Waals surface area (Å²) in [6, 6.07) is 9.57. The predicted molar refractivity (Wildman–Crippen MR) is 79.2 cm³/mol. The minimum Gasteiger partial charge on any atom is -0.486 e. The van der Waals surface area contributed by atoms with Gasteiger partial charge in [0.25, 0.3) is 0 Å². The molecule has 1 aromatic heterocycles. The summed E-state index contributed by atoms with van der Waals surface area (Å²) in [7, 11) is 0. The van der Waals surface area contributed by atoms with Crippen LogP contribution in [-0.2, 0) is 13.0 Å². The molecule has 0 aliphatic heterocycles. The summed E-state index contributed by atoms with van der Waals surface area (Å²) in [5.41, 5.74) is 1.48. The van der Waals surface area contributed by atoms with Gasteiger partial charge in [-0.15, -0.1) is 0 Å².